The highest BCUT2D eigenvalue weighted by Crippen LogP contribution is 2.26. The maximum absolute atomic E-state index is 13.7. The third-order valence-corrected chi connectivity index (χ3v) is 3.61. The van der Waals surface area contributed by atoms with E-state index < -0.39 is 23.1 Å². The lowest BCUT2D eigenvalue weighted by Crippen LogP contribution is -2.30. The second-order valence-electron chi connectivity index (χ2n) is 4.99. The second-order valence-corrected chi connectivity index (χ2v) is 4.99. The standard InChI is InChI=1S/C13H16F2N2O/c1-7-5-17(6-8(7)2)13(18)11-9(14)3-4-10(16)12(11)15/h3-4,7-8H,5-6,16H2,1-2H3. The Bertz CT molecular complexity index is 480. The normalized spacial score (nSPS) is 23.4. The molecule has 0 saturated carbocycles. The number of halogens is 2. The van der Waals surface area contributed by atoms with Gasteiger partial charge in [-0.3, -0.25) is 4.79 Å². The van der Waals surface area contributed by atoms with Crippen LogP contribution in [0.1, 0.15) is 24.2 Å². The van der Waals surface area contributed by atoms with Crippen LogP contribution >= 0.6 is 0 Å². The van der Waals surface area contributed by atoms with E-state index >= 15 is 0 Å². The summed E-state index contributed by atoms with van der Waals surface area (Å²) in [4.78, 5) is 13.6. The second kappa shape index (κ2) is 4.55. The molecule has 1 aliphatic rings. The summed E-state index contributed by atoms with van der Waals surface area (Å²) in [7, 11) is 0. The maximum atomic E-state index is 13.7. The van der Waals surface area contributed by atoms with Crippen LogP contribution in [-0.4, -0.2) is 23.9 Å². The summed E-state index contributed by atoms with van der Waals surface area (Å²) in [5.41, 5.74) is 4.61. The van der Waals surface area contributed by atoms with Gasteiger partial charge >= 0.3 is 0 Å². The van der Waals surface area contributed by atoms with Crippen molar-refractivity contribution in [2.24, 2.45) is 11.8 Å². The Kier molecular flexibility index (Phi) is 3.24. The Morgan fingerprint density at radius 2 is 1.83 bits per heavy atom. The molecule has 1 aliphatic heterocycles. The van der Waals surface area contributed by atoms with Crippen LogP contribution < -0.4 is 5.73 Å². The van der Waals surface area contributed by atoms with Crippen molar-refractivity contribution >= 4 is 11.6 Å². The number of hydrogen-bond donors (Lipinski definition) is 1. The fourth-order valence-corrected chi connectivity index (χ4v) is 2.22. The smallest absolute Gasteiger partial charge is 0.259 e. The number of rotatable bonds is 1. The number of nitrogens with two attached hydrogens (primary N) is 1. The molecule has 0 spiro atoms. The van der Waals surface area contributed by atoms with Gasteiger partial charge in [0.15, 0.2) is 5.82 Å². The number of anilines is 1. The van der Waals surface area contributed by atoms with Crippen LogP contribution in [0.2, 0.25) is 0 Å². The predicted molar refractivity (Wildman–Crippen MR) is 65.0 cm³/mol. The monoisotopic (exact) mass is 254 g/mol. The highest BCUT2D eigenvalue weighted by atomic mass is 19.1. The number of nitrogens with zero attached hydrogens (tertiary/aromatic N) is 1. The van der Waals surface area contributed by atoms with Gasteiger partial charge in [-0.1, -0.05) is 13.8 Å². The van der Waals surface area contributed by atoms with E-state index in [9.17, 15) is 13.6 Å². The minimum atomic E-state index is -0.966. The molecular weight excluding hydrogens is 238 g/mol. The molecule has 1 aromatic carbocycles. The topological polar surface area (TPSA) is 46.3 Å². The van der Waals surface area contributed by atoms with Gasteiger partial charge < -0.3 is 10.6 Å². The van der Waals surface area contributed by atoms with Crippen molar-refractivity contribution in [3.63, 3.8) is 0 Å². The van der Waals surface area contributed by atoms with Crippen LogP contribution in [-0.2, 0) is 0 Å². The average molecular weight is 254 g/mol. The SMILES string of the molecule is CC1CN(C(=O)c2c(F)ccc(N)c2F)CC1C. The number of amides is 1. The molecule has 98 valence electrons. The van der Waals surface area contributed by atoms with E-state index in [4.69, 9.17) is 5.73 Å². The van der Waals surface area contributed by atoms with Gasteiger partial charge in [-0.2, -0.15) is 0 Å². The Balaban J connectivity index is 2.33. The maximum Gasteiger partial charge on any atom is 0.259 e. The first-order valence-corrected chi connectivity index (χ1v) is 5.94. The van der Waals surface area contributed by atoms with E-state index in [-0.39, 0.29) is 5.69 Å². The van der Waals surface area contributed by atoms with Gasteiger partial charge in [-0.25, -0.2) is 8.78 Å². The zero-order valence-corrected chi connectivity index (χ0v) is 10.4. The van der Waals surface area contributed by atoms with E-state index in [2.05, 4.69) is 0 Å². The third-order valence-electron chi connectivity index (χ3n) is 3.61. The Morgan fingerprint density at radius 3 is 2.39 bits per heavy atom. The molecule has 0 radical (unpaired) electrons. The fraction of sp³-hybridized carbons (Fsp3) is 0.462. The predicted octanol–water partition coefficient (Wildman–Crippen LogP) is 2.28. The highest BCUT2D eigenvalue weighted by molar-refractivity contribution is 5.95. The quantitative estimate of drug-likeness (QED) is 0.781. The highest BCUT2D eigenvalue weighted by Gasteiger charge is 2.32. The summed E-state index contributed by atoms with van der Waals surface area (Å²) in [6, 6.07) is 2.14. The average Bonchev–Trinajstić information content (AvgIpc) is 2.65. The van der Waals surface area contributed by atoms with E-state index in [0.717, 1.165) is 12.1 Å². The number of carbonyl (C=O) groups is 1. The molecular formula is C13H16F2N2O. The summed E-state index contributed by atoms with van der Waals surface area (Å²) in [5, 5.41) is 0. The Hall–Kier alpha value is -1.65. The first-order valence-electron chi connectivity index (χ1n) is 5.94. The molecule has 2 unspecified atom stereocenters. The van der Waals surface area contributed by atoms with E-state index in [1.165, 1.54) is 4.90 Å². The summed E-state index contributed by atoms with van der Waals surface area (Å²) in [6.07, 6.45) is 0. The lowest BCUT2D eigenvalue weighted by molar-refractivity contribution is 0.0775. The molecule has 1 fully saturated rings. The van der Waals surface area contributed by atoms with E-state index in [1.807, 2.05) is 13.8 Å². The molecule has 3 nitrogen and oxygen atoms in total. The zero-order valence-electron chi connectivity index (χ0n) is 10.4. The molecule has 0 bridgehead atoms. The number of nitrogen functional groups attached to an aromatic ring is 1. The molecule has 2 atom stereocenters. The Morgan fingerprint density at radius 1 is 1.28 bits per heavy atom. The molecule has 1 heterocycles. The molecule has 1 aromatic rings. The fourth-order valence-electron chi connectivity index (χ4n) is 2.22. The number of hydrogen-bond acceptors (Lipinski definition) is 2. The van der Waals surface area contributed by atoms with Gasteiger partial charge in [0.2, 0.25) is 0 Å². The van der Waals surface area contributed by atoms with Crippen molar-refractivity contribution in [2.45, 2.75) is 13.8 Å². The van der Waals surface area contributed by atoms with Crippen molar-refractivity contribution in [2.75, 3.05) is 18.8 Å². The van der Waals surface area contributed by atoms with Crippen molar-refractivity contribution in [3.05, 3.63) is 29.3 Å². The van der Waals surface area contributed by atoms with Gasteiger partial charge in [0.25, 0.3) is 5.91 Å². The van der Waals surface area contributed by atoms with Crippen molar-refractivity contribution in [1.82, 2.24) is 4.90 Å². The first kappa shape index (κ1) is 12.8. The third kappa shape index (κ3) is 2.05. The van der Waals surface area contributed by atoms with Crippen LogP contribution in [0.3, 0.4) is 0 Å². The lowest BCUT2D eigenvalue weighted by atomic mass is 10.0. The van der Waals surface area contributed by atoms with Gasteiger partial charge in [-0.05, 0) is 24.0 Å². The largest absolute Gasteiger partial charge is 0.396 e. The van der Waals surface area contributed by atoms with Gasteiger partial charge in [-0.15, -0.1) is 0 Å². The molecule has 0 aromatic heterocycles. The zero-order chi connectivity index (χ0) is 13.4. The summed E-state index contributed by atoms with van der Waals surface area (Å²) in [6.45, 7) is 5.08. The van der Waals surface area contributed by atoms with Gasteiger partial charge in [0.05, 0.1) is 5.69 Å². The van der Waals surface area contributed by atoms with Gasteiger partial charge in [0.1, 0.15) is 11.4 Å². The number of benzene rings is 1. The van der Waals surface area contributed by atoms with E-state index in [1.54, 1.807) is 0 Å². The van der Waals surface area contributed by atoms with Crippen molar-refractivity contribution in [1.29, 1.82) is 0 Å². The van der Waals surface area contributed by atoms with Crippen LogP contribution in [0.4, 0.5) is 14.5 Å². The Labute approximate surface area is 105 Å². The number of carbonyl (C=O) groups excluding carboxylic acids is 1. The van der Waals surface area contributed by atoms with Crippen molar-refractivity contribution < 1.29 is 13.6 Å². The van der Waals surface area contributed by atoms with Crippen LogP contribution in [0.15, 0.2) is 12.1 Å². The summed E-state index contributed by atoms with van der Waals surface area (Å²) in [5.74, 6) is -1.78. The summed E-state index contributed by atoms with van der Waals surface area (Å²) >= 11 is 0. The molecule has 1 amide bonds. The van der Waals surface area contributed by atoms with Crippen LogP contribution in [0.5, 0.6) is 0 Å². The van der Waals surface area contributed by atoms with Crippen molar-refractivity contribution in [3.8, 4) is 0 Å². The molecule has 2 N–H and O–H groups in total. The van der Waals surface area contributed by atoms with Crippen LogP contribution in [0.25, 0.3) is 0 Å². The van der Waals surface area contributed by atoms with E-state index in [0.29, 0.717) is 24.9 Å². The summed E-state index contributed by atoms with van der Waals surface area (Å²) < 4.78 is 27.3. The molecule has 2 rings (SSSR count). The first-order chi connectivity index (χ1) is 8.41. The molecule has 1 saturated heterocycles. The molecule has 18 heavy (non-hydrogen) atoms. The lowest BCUT2D eigenvalue weighted by Gasteiger charge is -2.17. The van der Waals surface area contributed by atoms with Gasteiger partial charge in [0, 0.05) is 13.1 Å². The minimum absolute atomic E-state index is 0.208. The van der Waals surface area contributed by atoms with Crippen LogP contribution in [0, 0.1) is 23.5 Å². The number of likely N-dealkylation sites (tertiary alicyclic amines) is 1. The minimum Gasteiger partial charge on any atom is -0.396 e. The molecule has 0 aliphatic carbocycles. The molecule has 5 heteroatoms.